The lowest BCUT2D eigenvalue weighted by Crippen LogP contribution is -1.98. The van der Waals surface area contributed by atoms with Crippen LogP contribution in [0.5, 0.6) is 0 Å². The van der Waals surface area contributed by atoms with E-state index >= 15 is 0 Å². The van der Waals surface area contributed by atoms with Crippen LogP contribution in [0.1, 0.15) is 12.2 Å². The molecule has 0 unspecified atom stereocenters. The predicted octanol–water partition coefficient (Wildman–Crippen LogP) is 1.40. The van der Waals surface area contributed by atoms with Gasteiger partial charge < -0.3 is 10.1 Å². The van der Waals surface area contributed by atoms with E-state index < -0.39 is 0 Å². The number of aromatic nitrogens is 3. The van der Waals surface area contributed by atoms with Crippen molar-refractivity contribution in [3.63, 3.8) is 0 Å². The summed E-state index contributed by atoms with van der Waals surface area (Å²) in [4.78, 5) is 11.6. The Kier molecular flexibility index (Phi) is 3.09. The predicted molar refractivity (Wildman–Crippen MR) is 57.2 cm³/mol. The van der Waals surface area contributed by atoms with Crippen molar-refractivity contribution in [2.45, 2.75) is 12.8 Å². The summed E-state index contributed by atoms with van der Waals surface area (Å²) in [6.45, 7) is 0.177. The summed E-state index contributed by atoms with van der Waals surface area (Å²) in [6.07, 6.45) is 5.03. The molecule has 15 heavy (non-hydrogen) atoms. The number of aryl methyl sites for hydroxylation is 1. The van der Waals surface area contributed by atoms with Gasteiger partial charge in [-0.2, -0.15) is 0 Å². The maximum Gasteiger partial charge on any atom is 0.129 e. The minimum atomic E-state index is 0.177. The van der Waals surface area contributed by atoms with Crippen molar-refractivity contribution in [3.05, 3.63) is 36.4 Å². The fourth-order valence-electron chi connectivity index (χ4n) is 1.40. The molecule has 0 saturated heterocycles. The number of H-pyrrole nitrogens is 1. The number of aliphatic hydroxyl groups is 1. The second kappa shape index (κ2) is 4.70. The Bertz CT molecular complexity index is 412. The fraction of sp³-hybridized carbons (Fsp3) is 0.273. The molecule has 0 radical (unpaired) electrons. The molecule has 2 aromatic rings. The summed E-state index contributed by atoms with van der Waals surface area (Å²) >= 11 is 0. The van der Waals surface area contributed by atoms with Gasteiger partial charge in [-0.15, -0.1) is 0 Å². The number of aliphatic hydroxyl groups excluding tert-OH is 1. The Morgan fingerprint density at radius 3 is 3.00 bits per heavy atom. The standard InChI is InChI=1S/C11H13N3O/c15-8-2-4-11-13-7-5-10(14-11)9-3-1-6-12-9/h1,3,5-7,12,15H,2,4,8H2. The van der Waals surface area contributed by atoms with Gasteiger partial charge >= 0.3 is 0 Å². The van der Waals surface area contributed by atoms with Gasteiger partial charge in [0.25, 0.3) is 0 Å². The van der Waals surface area contributed by atoms with E-state index in [-0.39, 0.29) is 6.61 Å². The normalized spacial score (nSPS) is 10.5. The van der Waals surface area contributed by atoms with Crippen molar-refractivity contribution in [2.75, 3.05) is 6.61 Å². The van der Waals surface area contributed by atoms with Gasteiger partial charge in [0.05, 0.1) is 11.4 Å². The van der Waals surface area contributed by atoms with Crippen LogP contribution in [0.3, 0.4) is 0 Å². The SMILES string of the molecule is OCCCc1nccc(-c2ccc[nH]2)n1. The van der Waals surface area contributed by atoms with Gasteiger partial charge in [-0.3, -0.25) is 0 Å². The molecule has 0 bridgehead atoms. The van der Waals surface area contributed by atoms with Gasteiger partial charge in [-0.25, -0.2) is 9.97 Å². The van der Waals surface area contributed by atoms with Crippen LogP contribution in [0.2, 0.25) is 0 Å². The Morgan fingerprint density at radius 2 is 2.27 bits per heavy atom. The lowest BCUT2D eigenvalue weighted by atomic mass is 10.2. The van der Waals surface area contributed by atoms with Crippen LogP contribution in [0.4, 0.5) is 0 Å². The first kappa shape index (κ1) is 9.86. The average molecular weight is 203 g/mol. The van der Waals surface area contributed by atoms with E-state index in [1.54, 1.807) is 6.20 Å². The summed E-state index contributed by atoms with van der Waals surface area (Å²) in [5, 5.41) is 8.72. The zero-order valence-corrected chi connectivity index (χ0v) is 8.35. The average Bonchev–Trinajstić information content (AvgIpc) is 2.80. The summed E-state index contributed by atoms with van der Waals surface area (Å²) < 4.78 is 0. The Morgan fingerprint density at radius 1 is 1.33 bits per heavy atom. The molecule has 2 N–H and O–H groups in total. The first-order valence-corrected chi connectivity index (χ1v) is 4.96. The molecule has 0 spiro atoms. The maximum atomic E-state index is 8.72. The summed E-state index contributed by atoms with van der Waals surface area (Å²) in [7, 11) is 0. The van der Waals surface area contributed by atoms with Crippen LogP contribution in [-0.4, -0.2) is 26.7 Å². The zero-order valence-electron chi connectivity index (χ0n) is 8.35. The molecule has 0 saturated carbocycles. The van der Waals surface area contributed by atoms with E-state index in [1.807, 2.05) is 24.4 Å². The number of nitrogens with one attached hydrogen (secondary N) is 1. The van der Waals surface area contributed by atoms with Crippen LogP contribution >= 0.6 is 0 Å². The molecule has 0 atom stereocenters. The van der Waals surface area contributed by atoms with Crippen molar-refractivity contribution in [2.24, 2.45) is 0 Å². The molecule has 78 valence electrons. The summed E-state index contributed by atoms with van der Waals surface area (Å²) in [6, 6.07) is 5.78. The topological polar surface area (TPSA) is 61.8 Å². The van der Waals surface area contributed by atoms with Gasteiger partial charge in [0, 0.05) is 25.4 Å². The monoisotopic (exact) mass is 203 g/mol. The third-order valence-corrected chi connectivity index (χ3v) is 2.14. The van der Waals surface area contributed by atoms with Crippen molar-refractivity contribution in [1.82, 2.24) is 15.0 Å². The first-order valence-electron chi connectivity index (χ1n) is 4.96. The third kappa shape index (κ3) is 2.41. The number of rotatable bonds is 4. The molecule has 2 heterocycles. The first-order chi connectivity index (χ1) is 7.40. The molecule has 2 rings (SSSR count). The van der Waals surface area contributed by atoms with Gasteiger partial charge in [0.1, 0.15) is 5.82 Å². The summed E-state index contributed by atoms with van der Waals surface area (Å²) in [5.74, 6) is 0.774. The fourth-order valence-corrected chi connectivity index (χ4v) is 1.40. The maximum absolute atomic E-state index is 8.72. The third-order valence-electron chi connectivity index (χ3n) is 2.14. The van der Waals surface area contributed by atoms with E-state index in [1.165, 1.54) is 0 Å². The van der Waals surface area contributed by atoms with Crippen molar-refractivity contribution in [3.8, 4) is 11.4 Å². The molecule has 4 heteroatoms. The number of hydrogen-bond acceptors (Lipinski definition) is 3. The van der Waals surface area contributed by atoms with Gasteiger partial charge in [-0.05, 0) is 24.6 Å². The number of aromatic amines is 1. The quantitative estimate of drug-likeness (QED) is 0.789. The van der Waals surface area contributed by atoms with E-state index in [2.05, 4.69) is 15.0 Å². The van der Waals surface area contributed by atoms with E-state index in [9.17, 15) is 0 Å². The van der Waals surface area contributed by atoms with Crippen LogP contribution in [0, 0.1) is 0 Å². The van der Waals surface area contributed by atoms with Gasteiger partial charge in [0.15, 0.2) is 0 Å². The molecule has 0 aromatic carbocycles. The molecular formula is C11H13N3O. The Balaban J connectivity index is 2.19. The van der Waals surface area contributed by atoms with Crippen LogP contribution in [0.25, 0.3) is 11.4 Å². The lowest BCUT2D eigenvalue weighted by molar-refractivity contribution is 0.287. The summed E-state index contributed by atoms with van der Waals surface area (Å²) in [5.41, 5.74) is 1.88. The van der Waals surface area contributed by atoms with E-state index in [0.717, 1.165) is 17.2 Å². The molecule has 2 aromatic heterocycles. The highest BCUT2D eigenvalue weighted by molar-refractivity contribution is 5.53. The van der Waals surface area contributed by atoms with Gasteiger partial charge in [-0.1, -0.05) is 0 Å². The van der Waals surface area contributed by atoms with Crippen molar-refractivity contribution < 1.29 is 5.11 Å². The second-order valence-corrected chi connectivity index (χ2v) is 3.27. The van der Waals surface area contributed by atoms with Crippen molar-refractivity contribution in [1.29, 1.82) is 0 Å². The second-order valence-electron chi connectivity index (χ2n) is 3.27. The zero-order chi connectivity index (χ0) is 10.5. The van der Waals surface area contributed by atoms with Crippen LogP contribution in [-0.2, 0) is 6.42 Å². The Hall–Kier alpha value is -1.68. The number of nitrogens with zero attached hydrogens (tertiary/aromatic N) is 2. The molecule has 0 aliphatic heterocycles. The highest BCUT2D eigenvalue weighted by Gasteiger charge is 2.01. The smallest absolute Gasteiger partial charge is 0.129 e. The minimum Gasteiger partial charge on any atom is -0.396 e. The van der Waals surface area contributed by atoms with Crippen LogP contribution < -0.4 is 0 Å². The van der Waals surface area contributed by atoms with Crippen molar-refractivity contribution >= 4 is 0 Å². The van der Waals surface area contributed by atoms with Gasteiger partial charge in [0.2, 0.25) is 0 Å². The van der Waals surface area contributed by atoms with E-state index in [4.69, 9.17) is 5.11 Å². The number of hydrogen-bond donors (Lipinski definition) is 2. The molecule has 4 nitrogen and oxygen atoms in total. The minimum absolute atomic E-state index is 0.177. The Labute approximate surface area is 88.0 Å². The highest BCUT2D eigenvalue weighted by Crippen LogP contribution is 2.13. The largest absolute Gasteiger partial charge is 0.396 e. The lowest BCUT2D eigenvalue weighted by Gasteiger charge is -2.01. The molecule has 0 aliphatic rings. The molecule has 0 amide bonds. The van der Waals surface area contributed by atoms with Crippen LogP contribution in [0.15, 0.2) is 30.6 Å². The molecular weight excluding hydrogens is 190 g/mol. The molecule has 0 aliphatic carbocycles. The highest BCUT2D eigenvalue weighted by atomic mass is 16.2. The molecule has 0 fully saturated rings. The van der Waals surface area contributed by atoms with E-state index in [0.29, 0.717) is 12.8 Å².